The molecule has 0 fully saturated rings. The molecule has 0 bridgehead atoms. The third kappa shape index (κ3) is 3.65. The van der Waals surface area contributed by atoms with Gasteiger partial charge in [-0.2, -0.15) is 0 Å². The van der Waals surface area contributed by atoms with Crippen LogP contribution in [0.25, 0.3) is 10.9 Å². The van der Waals surface area contributed by atoms with E-state index in [1.165, 1.54) is 4.90 Å². The number of anilines is 1. The van der Waals surface area contributed by atoms with Gasteiger partial charge in [-0.3, -0.25) is 24.3 Å². The van der Waals surface area contributed by atoms with Crippen molar-refractivity contribution < 1.29 is 14.4 Å². The second kappa shape index (κ2) is 8.31. The van der Waals surface area contributed by atoms with Gasteiger partial charge in [0.2, 0.25) is 0 Å². The molecule has 0 radical (unpaired) electrons. The summed E-state index contributed by atoms with van der Waals surface area (Å²) in [6, 6.07) is 23.1. The average Bonchev–Trinajstić information content (AvgIpc) is 3.10. The van der Waals surface area contributed by atoms with Crippen LogP contribution in [0.3, 0.4) is 0 Å². The van der Waals surface area contributed by atoms with Gasteiger partial charge in [0.1, 0.15) is 0 Å². The fourth-order valence-corrected chi connectivity index (χ4v) is 4.33. The first-order valence-corrected chi connectivity index (χ1v) is 10.7. The van der Waals surface area contributed by atoms with Crippen LogP contribution in [0, 0.1) is 0 Å². The van der Waals surface area contributed by atoms with Crippen molar-refractivity contribution in [2.75, 3.05) is 5.32 Å². The molecule has 5 rings (SSSR count). The number of imide groups is 1. The predicted octanol–water partition coefficient (Wildman–Crippen LogP) is 4.71. The molecule has 6 heteroatoms. The molecule has 0 unspecified atom stereocenters. The molecule has 0 saturated heterocycles. The third-order valence-corrected chi connectivity index (χ3v) is 5.92. The van der Waals surface area contributed by atoms with E-state index in [0.717, 1.165) is 10.9 Å². The molecule has 0 saturated carbocycles. The molecular weight excluding hydrogens is 414 g/mol. The summed E-state index contributed by atoms with van der Waals surface area (Å²) in [6.45, 7) is 1.82. The van der Waals surface area contributed by atoms with Gasteiger partial charge in [-0.25, -0.2) is 0 Å². The number of nitrogens with one attached hydrogen (secondary N) is 1. The molecule has 3 amide bonds. The van der Waals surface area contributed by atoms with E-state index < -0.39 is 6.04 Å². The van der Waals surface area contributed by atoms with Gasteiger partial charge in [0.25, 0.3) is 17.7 Å². The Morgan fingerprint density at radius 2 is 1.55 bits per heavy atom. The Balaban J connectivity index is 1.40. The normalized spacial score (nSPS) is 13.8. The number of rotatable bonds is 5. The first-order valence-electron chi connectivity index (χ1n) is 10.7. The summed E-state index contributed by atoms with van der Waals surface area (Å²) in [5.41, 5.74) is 3.43. The van der Waals surface area contributed by atoms with Crippen LogP contribution in [-0.2, 0) is 6.42 Å². The van der Waals surface area contributed by atoms with Crippen molar-refractivity contribution in [3.05, 3.63) is 107 Å². The summed E-state index contributed by atoms with van der Waals surface area (Å²) >= 11 is 0. The molecule has 1 aliphatic heterocycles. The number of carbonyl (C=O) groups excluding carboxylic acids is 3. The molecule has 0 aliphatic carbocycles. The van der Waals surface area contributed by atoms with E-state index in [2.05, 4.69) is 10.3 Å². The number of pyridine rings is 1. The average molecular weight is 435 g/mol. The Bertz CT molecular complexity index is 1370. The minimum absolute atomic E-state index is 0.265. The number of amides is 3. The first kappa shape index (κ1) is 20.6. The second-order valence-corrected chi connectivity index (χ2v) is 8.07. The highest BCUT2D eigenvalue weighted by atomic mass is 16.2. The van der Waals surface area contributed by atoms with Crippen LogP contribution in [0.2, 0.25) is 0 Å². The third-order valence-electron chi connectivity index (χ3n) is 5.92. The van der Waals surface area contributed by atoms with Gasteiger partial charge in [-0.1, -0.05) is 48.5 Å². The molecule has 3 aromatic carbocycles. The molecule has 1 atom stereocenters. The maximum Gasteiger partial charge on any atom is 0.261 e. The fourth-order valence-electron chi connectivity index (χ4n) is 4.33. The van der Waals surface area contributed by atoms with E-state index in [1.807, 2.05) is 49.4 Å². The Morgan fingerprint density at radius 3 is 2.30 bits per heavy atom. The number of nitrogens with zero attached hydrogens (tertiary/aromatic N) is 2. The lowest BCUT2D eigenvalue weighted by Gasteiger charge is -2.23. The van der Waals surface area contributed by atoms with Crippen LogP contribution in [0.5, 0.6) is 0 Å². The lowest BCUT2D eigenvalue weighted by atomic mass is 9.99. The summed E-state index contributed by atoms with van der Waals surface area (Å²) in [6.07, 6.45) is 2.05. The van der Waals surface area contributed by atoms with Crippen molar-refractivity contribution in [1.82, 2.24) is 9.88 Å². The SMILES string of the molecule is C[C@@H](Cc1ccccc1C(=O)Nc1cccc2cccnc12)N1C(=O)c2ccccc2C1=O. The number of hydrogen-bond donors (Lipinski definition) is 1. The van der Waals surface area contributed by atoms with Crippen LogP contribution >= 0.6 is 0 Å². The highest BCUT2D eigenvalue weighted by Crippen LogP contribution is 2.27. The van der Waals surface area contributed by atoms with Crippen LogP contribution in [-0.4, -0.2) is 33.6 Å². The highest BCUT2D eigenvalue weighted by Gasteiger charge is 2.38. The Morgan fingerprint density at radius 1 is 0.879 bits per heavy atom. The summed E-state index contributed by atoms with van der Waals surface area (Å²) in [5.74, 6) is -0.864. The standard InChI is InChI=1S/C27H21N3O3/c1-17(30-26(32)21-12-4-5-13-22(21)27(30)33)16-19-8-2-3-11-20(19)25(31)29-23-14-6-9-18-10-7-15-28-24(18)23/h2-15,17H,16H2,1H3,(H,29,31)/t17-/m0/s1. The van der Waals surface area contributed by atoms with Gasteiger partial charge >= 0.3 is 0 Å². The van der Waals surface area contributed by atoms with Gasteiger partial charge in [-0.15, -0.1) is 0 Å². The maximum atomic E-state index is 13.2. The van der Waals surface area contributed by atoms with Crippen molar-refractivity contribution in [3.63, 3.8) is 0 Å². The minimum atomic E-state index is -0.412. The van der Waals surface area contributed by atoms with Crippen molar-refractivity contribution in [1.29, 1.82) is 0 Å². The van der Waals surface area contributed by atoms with Crippen LogP contribution in [0.1, 0.15) is 43.6 Å². The molecule has 0 spiro atoms. The molecule has 1 aliphatic rings. The molecule has 2 heterocycles. The quantitative estimate of drug-likeness (QED) is 0.460. The van der Waals surface area contributed by atoms with E-state index in [-0.39, 0.29) is 17.7 Å². The number of hydrogen-bond acceptors (Lipinski definition) is 4. The van der Waals surface area contributed by atoms with Crippen molar-refractivity contribution in [3.8, 4) is 0 Å². The minimum Gasteiger partial charge on any atom is -0.320 e. The molecular formula is C27H21N3O3. The second-order valence-electron chi connectivity index (χ2n) is 8.07. The van der Waals surface area contributed by atoms with Crippen molar-refractivity contribution >= 4 is 34.3 Å². The lowest BCUT2D eigenvalue weighted by molar-refractivity contribution is 0.0596. The largest absolute Gasteiger partial charge is 0.320 e. The molecule has 1 aromatic heterocycles. The van der Waals surface area contributed by atoms with Crippen LogP contribution < -0.4 is 5.32 Å². The number of aromatic nitrogens is 1. The van der Waals surface area contributed by atoms with Crippen LogP contribution in [0.4, 0.5) is 5.69 Å². The predicted molar refractivity (Wildman–Crippen MR) is 126 cm³/mol. The zero-order valence-corrected chi connectivity index (χ0v) is 18.0. The highest BCUT2D eigenvalue weighted by molar-refractivity contribution is 6.21. The first-order chi connectivity index (χ1) is 16.0. The Kier molecular flexibility index (Phi) is 5.18. The zero-order valence-electron chi connectivity index (χ0n) is 18.0. The topological polar surface area (TPSA) is 79.4 Å². The molecule has 4 aromatic rings. The van der Waals surface area contributed by atoms with Gasteiger partial charge in [-0.05, 0) is 49.2 Å². The van der Waals surface area contributed by atoms with Gasteiger partial charge < -0.3 is 5.32 Å². The molecule has 162 valence electrons. The number of fused-ring (bicyclic) bond motifs is 2. The van der Waals surface area contributed by atoms with E-state index in [1.54, 1.807) is 42.6 Å². The fraction of sp³-hybridized carbons (Fsp3) is 0.111. The van der Waals surface area contributed by atoms with E-state index in [0.29, 0.717) is 34.3 Å². The van der Waals surface area contributed by atoms with Crippen molar-refractivity contribution in [2.24, 2.45) is 0 Å². The van der Waals surface area contributed by atoms with E-state index in [9.17, 15) is 14.4 Å². The zero-order chi connectivity index (χ0) is 22.9. The van der Waals surface area contributed by atoms with Crippen molar-refractivity contribution in [2.45, 2.75) is 19.4 Å². The summed E-state index contributed by atoms with van der Waals surface area (Å²) in [7, 11) is 0. The summed E-state index contributed by atoms with van der Waals surface area (Å²) in [5, 5.41) is 3.90. The van der Waals surface area contributed by atoms with Gasteiger partial charge in [0.15, 0.2) is 0 Å². The Labute approximate surface area is 190 Å². The molecule has 33 heavy (non-hydrogen) atoms. The van der Waals surface area contributed by atoms with Crippen LogP contribution in [0.15, 0.2) is 85.1 Å². The number of carbonyl (C=O) groups is 3. The number of para-hydroxylation sites is 1. The number of benzene rings is 3. The van der Waals surface area contributed by atoms with Gasteiger partial charge in [0, 0.05) is 23.2 Å². The van der Waals surface area contributed by atoms with E-state index >= 15 is 0 Å². The Hall–Kier alpha value is -4.32. The maximum absolute atomic E-state index is 13.2. The molecule has 1 N–H and O–H groups in total. The van der Waals surface area contributed by atoms with E-state index in [4.69, 9.17) is 0 Å². The molecule has 6 nitrogen and oxygen atoms in total. The summed E-state index contributed by atoms with van der Waals surface area (Å²) < 4.78 is 0. The van der Waals surface area contributed by atoms with Gasteiger partial charge in [0.05, 0.1) is 22.3 Å². The smallest absolute Gasteiger partial charge is 0.261 e. The monoisotopic (exact) mass is 435 g/mol. The lowest BCUT2D eigenvalue weighted by Crippen LogP contribution is -2.39. The summed E-state index contributed by atoms with van der Waals surface area (Å²) in [4.78, 5) is 44.6.